The summed E-state index contributed by atoms with van der Waals surface area (Å²) in [6, 6.07) is 7.26. The molecule has 2 aromatic rings. The van der Waals surface area contributed by atoms with E-state index in [0.717, 1.165) is 5.56 Å². The lowest BCUT2D eigenvalue weighted by Gasteiger charge is -2.33. The average molecular weight is 358 g/mol. The van der Waals surface area contributed by atoms with Crippen molar-refractivity contribution in [2.75, 3.05) is 6.54 Å². The van der Waals surface area contributed by atoms with Crippen molar-refractivity contribution in [1.82, 2.24) is 14.9 Å². The molecule has 1 amide bonds. The van der Waals surface area contributed by atoms with Crippen LogP contribution in [0.15, 0.2) is 36.7 Å². The summed E-state index contributed by atoms with van der Waals surface area (Å²) in [4.78, 5) is 21.9. The monoisotopic (exact) mass is 357 g/mol. The number of carbonyl (C=O) groups is 1. The number of nitrogens with zero attached hydrogens (tertiary/aromatic N) is 3. The van der Waals surface area contributed by atoms with E-state index >= 15 is 0 Å². The number of hydrogen-bond acceptors (Lipinski definition) is 4. The lowest BCUT2D eigenvalue weighted by Crippen LogP contribution is -2.46. The van der Waals surface area contributed by atoms with Gasteiger partial charge in [0, 0.05) is 35.1 Å². The van der Waals surface area contributed by atoms with Crippen LogP contribution in [-0.4, -0.2) is 33.0 Å². The first-order valence-electron chi connectivity index (χ1n) is 7.88. The molecule has 0 N–H and O–H groups in total. The number of ether oxygens (including phenoxy) is 1. The number of rotatable bonds is 2. The molecule has 1 aromatic carbocycles. The zero-order valence-electron chi connectivity index (χ0n) is 14.7. The largest absolute Gasteiger partial charge is 0.418 e. The van der Waals surface area contributed by atoms with Crippen molar-refractivity contribution >= 4 is 17.7 Å². The molecule has 0 atom stereocenters. The number of halogens is 1. The van der Waals surface area contributed by atoms with E-state index in [4.69, 9.17) is 16.3 Å². The Labute approximate surface area is 153 Å². The topological polar surface area (TPSA) is 55.3 Å². The Morgan fingerprint density at radius 3 is 2.40 bits per heavy atom. The molecule has 0 unspecified atom stereocenters. The predicted molar refractivity (Wildman–Crippen MR) is 97.6 cm³/mol. The molecule has 0 aliphatic rings. The first-order valence-corrected chi connectivity index (χ1v) is 8.26. The van der Waals surface area contributed by atoms with E-state index in [1.54, 1.807) is 17.0 Å². The lowest BCUT2D eigenvalue weighted by molar-refractivity contribution is 0.108. The van der Waals surface area contributed by atoms with Crippen LogP contribution in [0.3, 0.4) is 0 Å². The van der Waals surface area contributed by atoms with Crippen LogP contribution >= 0.6 is 11.6 Å². The van der Waals surface area contributed by atoms with Gasteiger partial charge in [-0.1, -0.05) is 29.5 Å². The minimum absolute atomic E-state index is 0.000931. The fourth-order valence-electron chi connectivity index (χ4n) is 2.15. The number of hydrogen-bond donors (Lipinski definition) is 0. The van der Waals surface area contributed by atoms with Crippen molar-refractivity contribution in [3.05, 3.63) is 52.8 Å². The molecule has 0 spiro atoms. The average Bonchev–Trinajstić information content (AvgIpc) is 2.53. The maximum Gasteiger partial charge on any atom is 0.418 e. The summed E-state index contributed by atoms with van der Waals surface area (Å²) in [6.45, 7) is 8.24. The van der Waals surface area contributed by atoms with Crippen LogP contribution in [0.1, 0.15) is 38.8 Å². The molecule has 0 radical (unpaired) electrons. The van der Waals surface area contributed by atoms with Gasteiger partial charge in [0.05, 0.1) is 5.56 Å². The maximum absolute atomic E-state index is 12.2. The zero-order chi connectivity index (χ0) is 18.4. The van der Waals surface area contributed by atoms with Crippen LogP contribution in [-0.2, 0) is 0 Å². The smallest absolute Gasteiger partial charge is 0.374 e. The molecular weight excluding hydrogens is 338 g/mol. The van der Waals surface area contributed by atoms with Gasteiger partial charge in [-0.2, -0.15) is 0 Å². The maximum atomic E-state index is 12.2. The van der Waals surface area contributed by atoms with Crippen molar-refractivity contribution in [3.63, 3.8) is 0 Å². The highest BCUT2D eigenvalue weighted by atomic mass is 35.5. The Balaban J connectivity index is 2.07. The van der Waals surface area contributed by atoms with Gasteiger partial charge in [0.15, 0.2) is 0 Å². The number of amides is 1. The summed E-state index contributed by atoms with van der Waals surface area (Å²) in [7, 11) is 0. The minimum atomic E-state index is -0.479. The zero-order valence-corrected chi connectivity index (χ0v) is 15.5. The third kappa shape index (κ3) is 5.47. The van der Waals surface area contributed by atoms with E-state index in [0.29, 0.717) is 17.1 Å². The first-order chi connectivity index (χ1) is 11.8. The van der Waals surface area contributed by atoms with Crippen LogP contribution in [0.2, 0.25) is 5.02 Å². The summed E-state index contributed by atoms with van der Waals surface area (Å²) in [5, 5.41) is 0.629. The fraction of sp³-hybridized carbons (Fsp3) is 0.316. The van der Waals surface area contributed by atoms with E-state index in [9.17, 15) is 4.79 Å². The van der Waals surface area contributed by atoms with Crippen molar-refractivity contribution in [1.29, 1.82) is 0 Å². The Morgan fingerprint density at radius 1 is 1.20 bits per heavy atom. The second-order valence-electron chi connectivity index (χ2n) is 6.30. The highest BCUT2D eigenvalue weighted by Gasteiger charge is 2.27. The molecule has 1 aromatic heterocycles. The number of carbonyl (C=O) groups excluding carboxylic acids is 1. The second kappa shape index (κ2) is 8.00. The van der Waals surface area contributed by atoms with Crippen LogP contribution in [0.25, 0.3) is 0 Å². The van der Waals surface area contributed by atoms with E-state index in [2.05, 4.69) is 21.8 Å². The summed E-state index contributed by atoms with van der Waals surface area (Å²) in [6.07, 6.45) is 2.55. The highest BCUT2D eigenvalue weighted by Crippen LogP contribution is 2.15. The van der Waals surface area contributed by atoms with Gasteiger partial charge >= 0.3 is 12.1 Å². The molecule has 1 heterocycles. The Bertz CT molecular complexity index is 802. The van der Waals surface area contributed by atoms with Gasteiger partial charge < -0.3 is 9.64 Å². The molecule has 0 saturated carbocycles. The number of benzene rings is 1. The van der Waals surface area contributed by atoms with Gasteiger partial charge in [-0.05, 0) is 45.9 Å². The highest BCUT2D eigenvalue weighted by molar-refractivity contribution is 6.30. The van der Waals surface area contributed by atoms with Crippen LogP contribution in [0, 0.1) is 11.8 Å². The Hall–Kier alpha value is -2.58. The van der Waals surface area contributed by atoms with Crippen LogP contribution in [0.4, 0.5) is 4.79 Å². The number of aromatic nitrogens is 2. The third-order valence-electron chi connectivity index (χ3n) is 3.33. The molecule has 2 rings (SSSR count). The Kier molecular flexibility index (Phi) is 6.00. The van der Waals surface area contributed by atoms with Crippen molar-refractivity contribution < 1.29 is 9.53 Å². The minimum Gasteiger partial charge on any atom is -0.374 e. The van der Waals surface area contributed by atoms with E-state index in [1.165, 1.54) is 12.4 Å². The molecular formula is C19H20ClN3O2. The van der Waals surface area contributed by atoms with E-state index in [-0.39, 0.29) is 11.5 Å². The summed E-state index contributed by atoms with van der Waals surface area (Å²) in [5.74, 6) is 5.92. The van der Waals surface area contributed by atoms with Gasteiger partial charge in [0.1, 0.15) is 0 Å². The molecule has 6 heteroatoms. The normalized spacial score (nSPS) is 10.6. The summed E-state index contributed by atoms with van der Waals surface area (Å²) >= 11 is 5.92. The quantitative estimate of drug-likeness (QED) is 0.758. The van der Waals surface area contributed by atoms with Gasteiger partial charge in [-0.25, -0.2) is 14.8 Å². The second-order valence-corrected chi connectivity index (χ2v) is 6.73. The first kappa shape index (κ1) is 18.8. The van der Waals surface area contributed by atoms with E-state index in [1.807, 2.05) is 39.8 Å². The molecule has 130 valence electrons. The predicted octanol–water partition coefficient (Wildman–Crippen LogP) is 4.15. The third-order valence-corrected chi connectivity index (χ3v) is 3.56. The van der Waals surface area contributed by atoms with Gasteiger partial charge in [0.25, 0.3) is 0 Å². The van der Waals surface area contributed by atoms with Gasteiger partial charge in [-0.3, -0.25) is 0 Å². The molecule has 0 fully saturated rings. The molecule has 5 nitrogen and oxygen atoms in total. The lowest BCUT2D eigenvalue weighted by atomic mass is 10.1. The van der Waals surface area contributed by atoms with E-state index < -0.39 is 6.09 Å². The van der Waals surface area contributed by atoms with Crippen molar-refractivity contribution in [3.8, 4) is 17.9 Å². The molecule has 0 aliphatic heterocycles. The fourth-order valence-corrected chi connectivity index (χ4v) is 2.34. The molecule has 25 heavy (non-hydrogen) atoms. The summed E-state index contributed by atoms with van der Waals surface area (Å²) < 4.78 is 5.23. The Morgan fingerprint density at radius 2 is 1.84 bits per heavy atom. The van der Waals surface area contributed by atoms with Gasteiger partial charge in [-0.15, -0.1) is 0 Å². The summed E-state index contributed by atoms with van der Waals surface area (Å²) in [5.41, 5.74) is 1.07. The van der Waals surface area contributed by atoms with Crippen molar-refractivity contribution in [2.45, 2.75) is 33.2 Å². The van der Waals surface area contributed by atoms with Gasteiger partial charge in [0.2, 0.25) is 0 Å². The van der Waals surface area contributed by atoms with Crippen LogP contribution < -0.4 is 4.74 Å². The molecule has 0 saturated heterocycles. The standard InChI is InChI=1S/C19H20ClN3O2/c1-5-23(19(2,3)4)18(24)25-17-21-12-15(13-22-17)10-9-14-7-6-8-16(20)11-14/h6-8,11-13H,5H2,1-4H3. The van der Waals surface area contributed by atoms with Crippen LogP contribution in [0.5, 0.6) is 6.01 Å². The SMILES string of the molecule is CCN(C(=O)Oc1ncc(C#Cc2cccc(Cl)c2)cn1)C(C)(C)C. The molecule has 0 aliphatic carbocycles. The molecule has 0 bridgehead atoms. The van der Waals surface area contributed by atoms with Crippen molar-refractivity contribution in [2.24, 2.45) is 0 Å².